The molecule has 0 aromatic heterocycles. The molecule has 0 saturated heterocycles. The highest BCUT2D eigenvalue weighted by molar-refractivity contribution is 5.95. The number of aryl methyl sites for hydroxylation is 1. The minimum atomic E-state index is -0.992. The summed E-state index contributed by atoms with van der Waals surface area (Å²) >= 11 is 0. The fourth-order valence-corrected chi connectivity index (χ4v) is 2.31. The number of nitrogens with zero attached hydrogens (tertiary/aromatic N) is 1. The number of hydrogen-bond donors (Lipinski definition) is 2. The van der Waals surface area contributed by atoms with Crippen LogP contribution in [0.3, 0.4) is 0 Å². The first-order chi connectivity index (χ1) is 13.8. The fraction of sp³-hybridized carbons (Fsp3) is 0.250. The smallest absolute Gasteiger partial charge is 0.308 e. The molecule has 0 heterocycles. The summed E-state index contributed by atoms with van der Waals surface area (Å²) in [4.78, 5) is 45.9. The molecule has 1 atom stereocenters. The summed E-state index contributed by atoms with van der Waals surface area (Å²) in [5, 5.41) is 15.8. The number of esters is 1. The minimum absolute atomic E-state index is 0.000948. The first kappa shape index (κ1) is 21.5. The third-order valence-electron chi connectivity index (χ3n) is 3.95. The first-order valence-corrected chi connectivity index (χ1v) is 8.86. The summed E-state index contributed by atoms with van der Waals surface area (Å²) in [6.45, 7) is 3.38. The van der Waals surface area contributed by atoms with Gasteiger partial charge in [-0.25, -0.2) is 0 Å². The number of nitrogens with one attached hydrogen (secondary N) is 2. The molecule has 0 radical (unpaired) electrons. The van der Waals surface area contributed by atoms with E-state index in [1.54, 1.807) is 12.1 Å². The summed E-state index contributed by atoms with van der Waals surface area (Å²) in [6.07, 6.45) is -1.12. The number of anilines is 1. The van der Waals surface area contributed by atoms with E-state index in [0.717, 1.165) is 5.56 Å². The highest BCUT2D eigenvalue weighted by Gasteiger charge is 2.18. The van der Waals surface area contributed by atoms with Gasteiger partial charge in [0.05, 0.1) is 11.3 Å². The van der Waals surface area contributed by atoms with Crippen LogP contribution in [-0.2, 0) is 14.3 Å². The Morgan fingerprint density at radius 2 is 1.69 bits per heavy atom. The van der Waals surface area contributed by atoms with Crippen molar-refractivity contribution in [1.29, 1.82) is 0 Å². The number of carbonyl (C=O) groups excluding carboxylic acids is 3. The number of nitro groups is 1. The van der Waals surface area contributed by atoms with Crippen molar-refractivity contribution in [2.45, 2.75) is 26.4 Å². The third-order valence-corrected chi connectivity index (χ3v) is 3.95. The molecule has 2 rings (SSSR count). The van der Waals surface area contributed by atoms with Gasteiger partial charge in [0.1, 0.15) is 0 Å². The summed E-state index contributed by atoms with van der Waals surface area (Å²) in [6, 6.07) is 12.3. The lowest BCUT2D eigenvalue weighted by Crippen LogP contribution is -2.32. The van der Waals surface area contributed by atoms with Gasteiger partial charge in [-0.3, -0.25) is 24.5 Å². The number of amides is 2. The highest BCUT2D eigenvalue weighted by Crippen LogP contribution is 2.12. The Morgan fingerprint density at radius 3 is 2.28 bits per heavy atom. The quantitative estimate of drug-likeness (QED) is 0.399. The molecular weight excluding hydrogens is 378 g/mol. The Kier molecular flexibility index (Phi) is 7.41. The normalized spacial score (nSPS) is 11.2. The van der Waals surface area contributed by atoms with Gasteiger partial charge in [0.2, 0.25) is 0 Å². The lowest BCUT2D eigenvalue weighted by molar-refractivity contribution is -0.384. The third kappa shape index (κ3) is 6.73. The van der Waals surface area contributed by atoms with Crippen molar-refractivity contribution in [2.75, 3.05) is 11.9 Å². The average Bonchev–Trinajstić information content (AvgIpc) is 2.69. The molecule has 9 nitrogen and oxygen atoms in total. The van der Waals surface area contributed by atoms with Crippen LogP contribution >= 0.6 is 0 Å². The van der Waals surface area contributed by atoms with Crippen LogP contribution in [0, 0.1) is 17.0 Å². The standard InChI is InChI=1S/C20H21N3O6/c1-13-3-7-16(8-4-13)22-19(25)14(2)29-18(24)11-12-21-20(26)15-5-9-17(10-6-15)23(27)28/h3-10,14H,11-12H2,1-2H3,(H,21,26)(H,22,25)/t14-/m1/s1. The van der Waals surface area contributed by atoms with Crippen molar-refractivity contribution in [3.8, 4) is 0 Å². The van der Waals surface area contributed by atoms with Gasteiger partial charge in [-0.1, -0.05) is 17.7 Å². The van der Waals surface area contributed by atoms with Gasteiger partial charge in [0, 0.05) is 29.9 Å². The summed E-state index contributed by atoms with van der Waals surface area (Å²) < 4.78 is 5.06. The predicted molar refractivity (Wildman–Crippen MR) is 105 cm³/mol. The second-order valence-electron chi connectivity index (χ2n) is 6.30. The van der Waals surface area contributed by atoms with Crippen LogP contribution in [0.15, 0.2) is 48.5 Å². The number of ether oxygens (including phenoxy) is 1. The summed E-state index contributed by atoms with van der Waals surface area (Å²) in [7, 11) is 0. The summed E-state index contributed by atoms with van der Waals surface area (Å²) in [5.41, 5.74) is 1.76. The van der Waals surface area contributed by atoms with E-state index in [1.165, 1.54) is 31.2 Å². The molecule has 0 bridgehead atoms. The summed E-state index contributed by atoms with van der Waals surface area (Å²) in [5.74, 6) is -1.57. The zero-order valence-electron chi connectivity index (χ0n) is 16.0. The molecule has 2 aromatic rings. The number of hydrogen-bond acceptors (Lipinski definition) is 6. The van der Waals surface area contributed by atoms with Crippen LogP contribution in [0.5, 0.6) is 0 Å². The number of benzene rings is 2. The molecule has 0 unspecified atom stereocenters. The van der Waals surface area contributed by atoms with Crippen LogP contribution in [-0.4, -0.2) is 35.4 Å². The Balaban J connectivity index is 1.74. The number of nitro benzene ring substituents is 1. The van der Waals surface area contributed by atoms with E-state index in [4.69, 9.17) is 4.74 Å². The SMILES string of the molecule is Cc1ccc(NC(=O)[C@@H](C)OC(=O)CCNC(=O)c2ccc([N+](=O)[O-])cc2)cc1. The molecule has 152 valence electrons. The fourth-order valence-electron chi connectivity index (χ4n) is 2.31. The van der Waals surface area contributed by atoms with Gasteiger partial charge in [0.25, 0.3) is 17.5 Å². The second-order valence-corrected chi connectivity index (χ2v) is 6.30. The predicted octanol–water partition coefficient (Wildman–Crippen LogP) is 2.59. The Bertz CT molecular complexity index is 893. The monoisotopic (exact) mass is 399 g/mol. The van der Waals surface area contributed by atoms with Crippen molar-refractivity contribution in [1.82, 2.24) is 5.32 Å². The maximum absolute atomic E-state index is 12.1. The Morgan fingerprint density at radius 1 is 1.07 bits per heavy atom. The van der Waals surface area contributed by atoms with E-state index in [1.807, 2.05) is 19.1 Å². The van der Waals surface area contributed by atoms with Crippen LogP contribution in [0.2, 0.25) is 0 Å². The molecular formula is C20H21N3O6. The van der Waals surface area contributed by atoms with Gasteiger partial charge in [0.15, 0.2) is 6.10 Å². The van der Waals surface area contributed by atoms with Gasteiger partial charge >= 0.3 is 5.97 Å². The van der Waals surface area contributed by atoms with Gasteiger partial charge in [-0.2, -0.15) is 0 Å². The van der Waals surface area contributed by atoms with E-state index in [0.29, 0.717) is 5.69 Å². The Labute approximate surface area is 167 Å². The van der Waals surface area contributed by atoms with E-state index < -0.39 is 28.8 Å². The van der Waals surface area contributed by atoms with E-state index in [2.05, 4.69) is 10.6 Å². The largest absolute Gasteiger partial charge is 0.452 e. The number of non-ortho nitro benzene ring substituents is 1. The zero-order chi connectivity index (χ0) is 21.4. The topological polar surface area (TPSA) is 128 Å². The maximum atomic E-state index is 12.1. The van der Waals surface area contributed by atoms with Gasteiger partial charge in [-0.15, -0.1) is 0 Å². The molecule has 9 heteroatoms. The van der Waals surface area contributed by atoms with Crippen LogP contribution in [0.25, 0.3) is 0 Å². The minimum Gasteiger partial charge on any atom is -0.452 e. The molecule has 0 aliphatic rings. The van der Waals surface area contributed by atoms with Gasteiger partial charge in [-0.05, 0) is 38.1 Å². The molecule has 0 spiro atoms. The average molecular weight is 399 g/mol. The molecule has 2 aromatic carbocycles. The molecule has 2 N–H and O–H groups in total. The van der Waals surface area contributed by atoms with Crippen molar-refractivity contribution in [2.24, 2.45) is 0 Å². The van der Waals surface area contributed by atoms with Crippen molar-refractivity contribution in [3.05, 3.63) is 69.8 Å². The lowest BCUT2D eigenvalue weighted by Gasteiger charge is -2.14. The highest BCUT2D eigenvalue weighted by atomic mass is 16.6. The molecule has 0 saturated carbocycles. The van der Waals surface area contributed by atoms with Crippen LogP contribution in [0.4, 0.5) is 11.4 Å². The Hall–Kier alpha value is -3.75. The van der Waals surface area contributed by atoms with Crippen molar-refractivity contribution < 1.29 is 24.0 Å². The maximum Gasteiger partial charge on any atom is 0.308 e. The molecule has 0 aliphatic carbocycles. The van der Waals surface area contributed by atoms with Crippen LogP contribution in [0.1, 0.15) is 29.3 Å². The zero-order valence-corrected chi connectivity index (χ0v) is 16.0. The number of rotatable bonds is 8. The molecule has 29 heavy (non-hydrogen) atoms. The van der Waals surface area contributed by atoms with E-state index in [9.17, 15) is 24.5 Å². The second kappa shape index (κ2) is 9.98. The van der Waals surface area contributed by atoms with Crippen molar-refractivity contribution >= 4 is 29.2 Å². The lowest BCUT2D eigenvalue weighted by atomic mass is 10.2. The van der Waals surface area contributed by atoms with Crippen LogP contribution < -0.4 is 10.6 Å². The molecule has 0 aliphatic heterocycles. The first-order valence-electron chi connectivity index (χ1n) is 8.86. The van der Waals surface area contributed by atoms with E-state index >= 15 is 0 Å². The number of carbonyl (C=O) groups is 3. The molecule has 2 amide bonds. The van der Waals surface area contributed by atoms with Crippen molar-refractivity contribution in [3.63, 3.8) is 0 Å². The molecule has 0 fully saturated rings. The van der Waals surface area contributed by atoms with E-state index in [-0.39, 0.29) is 24.2 Å². The van der Waals surface area contributed by atoms with Gasteiger partial charge < -0.3 is 15.4 Å².